The van der Waals surface area contributed by atoms with Crippen molar-refractivity contribution in [3.05, 3.63) is 35.5 Å². The zero-order valence-corrected chi connectivity index (χ0v) is 13.9. The number of halogens is 1. The predicted octanol–water partition coefficient (Wildman–Crippen LogP) is 1.45. The number of nitrogens with one attached hydrogen (secondary N) is 2. The number of rotatable bonds is 7. The topological polar surface area (TPSA) is 88.9 Å². The van der Waals surface area contributed by atoms with Gasteiger partial charge in [-0.15, -0.1) is 0 Å². The third kappa shape index (κ3) is 4.26. The fourth-order valence-electron chi connectivity index (χ4n) is 1.73. The van der Waals surface area contributed by atoms with Gasteiger partial charge in [-0.2, -0.15) is 0 Å². The van der Waals surface area contributed by atoms with Crippen LogP contribution in [0.4, 0.5) is 5.82 Å². The van der Waals surface area contributed by atoms with Crippen LogP contribution in [-0.4, -0.2) is 36.0 Å². The third-order valence-electron chi connectivity index (χ3n) is 2.67. The Balaban J connectivity index is 2.12. The predicted molar refractivity (Wildman–Crippen MR) is 83.5 cm³/mol. The van der Waals surface area contributed by atoms with E-state index in [1.807, 2.05) is 6.92 Å². The summed E-state index contributed by atoms with van der Waals surface area (Å²) in [7, 11) is -3.63. The third-order valence-corrected chi connectivity index (χ3v) is 4.58. The first-order valence-electron chi connectivity index (χ1n) is 6.37. The van der Waals surface area contributed by atoms with E-state index in [1.165, 1.54) is 6.07 Å². The fraction of sp³-hybridized carbons (Fsp3) is 0.333. The summed E-state index contributed by atoms with van der Waals surface area (Å²) in [6, 6.07) is 1.53. The molecule has 0 saturated heterocycles. The quantitative estimate of drug-likeness (QED) is 0.766. The van der Waals surface area contributed by atoms with Crippen LogP contribution in [-0.2, 0) is 16.6 Å². The smallest absolute Gasteiger partial charge is 0.244 e. The zero-order chi connectivity index (χ0) is 15.3. The minimum absolute atomic E-state index is 0.129. The van der Waals surface area contributed by atoms with E-state index in [1.54, 1.807) is 29.5 Å². The van der Waals surface area contributed by atoms with Crippen molar-refractivity contribution in [2.45, 2.75) is 18.4 Å². The van der Waals surface area contributed by atoms with Gasteiger partial charge in [0.2, 0.25) is 10.0 Å². The van der Waals surface area contributed by atoms with Crippen LogP contribution in [0.15, 0.2) is 40.4 Å². The van der Waals surface area contributed by atoms with Crippen LogP contribution in [0.5, 0.6) is 0 Å². The minimum Gasteiger partial charge on any atom is -0.369 e. The minimum atomic E-state index is -3.63. The highest BCUT2D eigenvalue weighted by Gasteiger charge is 2.19. The molecule has 0 atom stereocenters. The molecule has 0 amide bonds. The molecule has 0 saturated carbocycles. The molecular weight excluding hydrogens is 358 g/mol. The van der Waals surface area contributed by atoms with E-state index in [0.717, 1.165) is 0 Å². The molecule has 7 nitrogen and oxygen atoms in total. The highest BCUT2D eigenvalue weighted by molar-refractivity contribution is 9.10. The largest absolute Gasteiger partial charge is 0.369 e. The van der Waals surface area contributed by atoms with Gasteiger partial charge in [-0.25, -0.2) is 23.1 Å². The van der Waals surface area contributed by atoms with Crippen LogP contribution in [0, 0.1) is 0 Å². The van der Waals surface area contributed by atoms with E-state index in [4.69, 9.17) is 0 Å². The van der Waals surface area contributed by atoms with Crippen LogP contribution >= 0.6 is 15.9 Å². The molecule has 0 aliphatic rings. The van der Waals surface area contributed by atoms with Gasteiger partial charge in [-0.05, 0) is 28.9 Å². The number of hydrogen-bond donors (Lipinski definition) is 2. The van der Waals surface area contributed by atoms with Gasteiger partial charge in [0.15, 0.2) is 0 Å². The van der Waals surface area contributed by atoms with E-state index in [9.17, 15) is 8.42 Å². The lowest BCUT2D eigenvalue weighted by Gasteiger charge is -2.12. The first-order chi connectivity index (χ1) is 10.0. The Labute approximate surface area is 132 Å². The summed E-state index contributed by atoms with van der Waals surface area (Å²) in [4.78, 5) is 8.13. The number of anilines is 1. The molecule has 2 rings (SSSR count). The molecule has 0 radical (unpaired) electrons. The summed E-state index contributed by atoms with van der Waals surface area (Å²) in [5, 5.41) is 2.95. The van der Waals surface area contributed by atoms with E-state index in [2.05, 4.69) is 35.9 Å². The number of pyridine rings is 1. The maximum Gasteiger partial charge on any atom is 0.244 e. The summed E-state index contributed by atoms with van der Waals surface area (Å²) in [5.74, 6) is 0.343. The van der Waals surface area contributed by atoms with Crippen LogP contribution in [0.25, 0.3) is 0 Å². The number of sulfonamides is 1. The first kappa shape index (κ1) is 15.9. The normalized spacial score (nSPS) is 11.5. The van der Waals surface area contributed by atoms with Gasteiger partial charge in [0.1, 0.15) is 10.7 Å². The van der Waals surface area contributed by atoms with Crippen molar-refractivity contribution in [1.82, 2.24) is 19.3 Å². The van der Waals surface area contributed by atoms with E-state index < -0.39 is 10.0 Å². The number of hydrogen-bond acceptors (Lipinski definition) is 5. The molecule has 9 heteroatoms. The SMILES string of the molecule is CCNc1ncc(Br)cc1S(=O)(=O)NCCn1ccnc1. The molecule has 0 aromatic carbocycles. The van der Waals surface area contributed by atoms with Crippen LogP contribution < -0.4 is 10.0 Å². The second-order valence-corrected chi connectivity index (χ2v) is 6.88. The molecule has 21 heavy (non-hydrogen) atoms. The Morgan fingerprint density at radius 3 is 2.90 bits per heavy atom. The summed E-state index contributed by atoms with van der Waals surface area (Å²) in [5.41, 5.74) is 0. The molecule has 0 aliphatic heterocycles. The molecule has 2 aromatic rings. The molecule has 114 valence electrons. The van der Waals surface area contributed by atoms with Gasteiger partial charge in [-0.3, -0.25) is 0 Å². The highest BCUT2D eigenvalue weighted by atomic mass is 79.9. The van der Waals surface area contributed by atoms with Crippen LogP contribution in [0.2, 0.25) is 0 Å². The average molecular weight is 374 g/mol. The molecule has 0 fully saturated rings. The lowest BCUT2D eigenvalue weighted by molar-refractivity contribution is 0.572. The van der Waals surface area contributed by atoms with Crippen molar-refractivity contribution in [2.75, 3.05) is 18.4 Å². The average Bonchev–Trinajstić information content (AvgIpc) is 2.94. The van der Waals surface area contributed by atoms with Gasteiger partial charge in [0.05, 0.1) is 6.33 Å². The van der Waals surface area contributed by atoms with Gasteiger partial charge in [0.25, 0.3) is 0 Å². The monoisotopic (exact) mass is 373 g/mol. The van der Waals surface area contributed by atoms with Crippen molar-refractivity contribution in [1.29, 1.82) is 0 Å². The van der Waals surface area contributed by atoms with Crippen molar-refractivity contribution >= 4 is 31.8 Å². The summed E-state index contributed by atoms with van der Waals surface area (Å²) in [6.45, 7) is 3.26. The summed E-state index contributed by atoms with van der Waals surface area (Å²) in [6.07, 6.45) is 6.62. The maximum absolute atomic E-state index is 12.4. The van der Waals surface area contributed by atoms with Crippen molar-refractivity contribution in [2.24, 2.45) is 0 Å². The molecule has 2 heterocycles. The summed E-state index contributed by atoms with van der Waals surface area (Å²) < 4.78 is 29.7. The van der Waals surface area contributed by atoms with Gasteiger partial charge in [0, 0.05) is 42.7 Å². The Bertz CT molecular complexity index is 688. The van der Waals surface area contributed by atoms with Gasteiger partial charge >= 0.3 is 0 Å². The molecule has 0 bridgehead atoms. The van der Waals surface area contributed by atoms with Gasteiger partial charge in [-0.1, -0.05) is 0 Å². The second-order valence-electron chi connectivity index (χ2n) is 4.23. The summed E-state index contributed by atoms with van der Waals surface area (Å²) >= 11 is 3.24. The van der Waals surface area contributed by atoms with Crippen LogP contribution in [0.3, 0.4) is 0 Å². The van der Waals surface area contributed by atoms with E-state index in [0.29, 0.717) is 23.4 Å². The zero-order valence-electron chi connectivity index (χ0n) is 11.5. The van der Waals surface area contributed by atoms with Gasteiger partial charge < -0.3 is 9.88 Å². The number of imidazole rings is 1. The van der Waals surface area contributed by atoms with E-state index in [-0.39, 0.29) is 11.4 Å². The molecule has 2 N–H and O–H groups in total. The number of nitrogens with zero attached hydrogens (tertiary/aromatic N) is 3. The molecular formula is C12H16BrN5O2S. The lowest BCUT2D eigenvalue weighted by Crippen LogP contribution is -2.28. The maximum atomic E-state index is 12.4. The Kier molecular flexibility index (Phi) is 5.32. The molecule has 2 aromatic heterocycles. The lowest BCUT2D eigenvalue weighted by atomic mass is 10.4. The van der Waals surface area contributed by atoms with Crippen LogP contribution in [0.1, 0.15) is 6.92 Å². The standard InChI is InChI=1S/C12H16BrN5O2S/c1-2-15-12-11(7-10(13)8-16-12)21(19,20)17-4-6-18-5-3-14-9-18/h3,5,7-9,17H,2,4,6H2,1H3,(H,15,16). The fourth-order valence-corrected chi connectivity index (χ4v) is 3.39. The Morgan fingerprint density at radius 2 is 2.24 bits per heavy atom. The molecule has 0 aliphatic carbocycles. The van der Waals surface area contributed by atoms with E-state index >= 15 is 0 Å². The molecule has 0 spiro atoms. The Hall–Kier alpha value is -1.45. The second kappa shape index (κ2) is 7.01. The Morgan fingerprint density at radius 1 is 1.43 bits per heavy atom. The van der Waals surface area contributed by atoms with Crippen molar-refractivity contribution in [3.8, 4) is 0 Å². The highest BCUT2D eigenvalue weighted by Crippen LogP contribution is 2.22. The first-order valence-corrected chi connectivity index (χ1v) is 8.65. The molecule has 0 unspecified atom stereocenters. The number of aromatic nitrogens is 3. The van der Waals surface area contributed by atoms with Crippen molar-refractivity contribution < 1.29 is 8.42 Å². The van der Waals surface area contributed by atoms with Crippen molar-refractivity contribution in [3.63, 3.8) is 0 Å².